The second-order valence-corrected chi connectivity index (χ2v) is 3.95. The molecule has 13 heavy (non-hydrogen) atoms. The molecule has 1 aromatic rings. The van der Waals surface area contributed by atoms with Gasteiger partial charge in [-0.25, -0.2) is 0 Å². The van der Waals surface area contributed by atoms with Crippen LogP contribution in [0.1, 0.15) is 11.1 Å². The molecule has 0 radical (unpaired) electrons. The van der Waals surface area contributed by atoms with Crippen LogP contribution in [0.2, 0.25) is 0 Å². The van der Waals surface area contributed by atoms with Crippen molar-refractivity contribution in [1.29, 1.82) is 0 Å². The first-order valence-corrected chi connectivity index (χ1v) is 5.57. The summed E-state index contributed by atoms with van der Waals surface area (Å²) >= 11 is 7.44. The lowest BCUT2D eigenvalue weighted by molar-refractivity contribution is -0.115. The molecule has 0 aliphatic carbocycles. The number of hydrogen-bond donors (Lipinski definition) is 1. The fourth-order valence-electron chi connectivity index (χ4n) is 1.12. The van der Waals surface area contributed by atoms with Gasteiger partial charge in [0, 0.05) is 11.3 Å². The number of Topliss-reactive ketones (excluding diaryl/α,β-unsaturated/α-hetero) is 1. The molecule has 0 fully saturated rings. The molecular weight excluding hydrogens is 248 g/mol. The van der Waals surface area contributed by atoms with E-state index in [1.54, 1.807) is 0 Å². The van der Waals surface area contributed by atoms with Crippen LogP contribution < -0.4 is 0 Å². The van der Waals surface area contributed by atoms with Gasteiger partial charge in [-0.05, 0) is 24.1 Å². The number of carbonyl (C=O) groups excluding carboxylic acids is 1. The van der Waals surface area contributed by atoms with Gasteiger partial charge in [-0.15, -0.1) is 12.6 Å². The third-order valence-corrected chi connectivity index (χ3v) is 3.06. The van der Waals surface area contributed by atoms with Crippen LogP contribution in [0.4, 0.5) is 0 Å². The SMILES string of the molecule is Cc1c(S)cccc1CC(=O)CBr. The molecule has 0 atom stereocenters. The van der Waals surface area contributed by atoms with Crippen molar-refractivity contribution in [3.8, 4) is 0 Å². The summed E-state index contributed by atoms with van der Waals surface area (Å²) in [5.74, 6) is 0.196. The molecule has 0 N–H and O–H groups in total. The van der Waals surface area contributed by atoms with Crippen LogP contribution in [0.3, 0.4) is 0 Å². The van der Waals surface area contributed by atoms with Gasteiger partial charge in [0.1, 0.15) is 5.78 Å². The number of ketones is 1. The fraction of sp³-hybridized carbons (Fsp3) is 0.300. The van der Waals surface area contributed by atoms with Gasteiger partial charge in [0.05, 0.1) is 5.33 Å². The molecule has 0 unspecified atom stereocenters. The van der Waals surface area contributed by atoms with Gasteiger partial charge in [-0.3, -0.25) is 4.79 Å². The Bertz CT molecular complexity index is 323. The summed E-state index contributed by atoms with van der Waals surface area (Å²) in [6, 6.07) is 5.82. The molecule has 3 heteroatoms. The number of carbonyl (C=O) groups is 1. The number of benzene rings is 1. The first-order valence-electron chi connectivity index (χ1n) is 4.00. The molecule has 70 valence electrons. The van der Waals surface area contributed by atoms with Crippen molar-refractivity contribution in [1.82, 2.24) is 0 Å². The van der Waals surface area contributed by atoms with Crippen LogP contribution in [0.15, 0.2) is 23.1 Å². The highest BCUT2D eigenvalue weighted by molar-refractivity contribution is 9.09. The van der Waals surface area contributed by atoms with Gasteiger partial charge >= 0.3 is 0 Å². The monoisotopic (exact) mass is 258 g/mol. The summed E-state index contributed by atoms with van der Waals surface area (Å²) in [4.78, 5) is 12.1. The summed E-state index contributed by atoms with van der Waals surface area (Å²) in [6.07, 6.45) is 0.492. The highest BCUT2D eigenvalue weighted by Gasteiger charge is 2.05. The van der Waals surface area contributed by atoms with Crippen LogP contribution in [-0.2, 0) is 11.2 Å². The Morgan fingerprint density at radius 3 is 2.85 bits per heavy atom. The second kappa shape index (κ2) is 4.82. The Kier molecular flexibility index (Phi) is 4.00. The Morgan fingerprint density at radius 2 is 2.23 bits per heavy atom. The molecular formula is C10H11BrOS. The smallest absolute Gasteiger partial charge is 0.147 e. The molecule has 0 aromatic heterocycles. The number of hydrogen-bond acceptors (Lipinski definition) is 2. The van der Waals surface area contributed by atoms with E-state index in [1.165, 1.54) is 0 Å². The fourth-order valence-corrected chi connectivity index (χ4v) is 1.55. The van der Waals surface area contributed by atoms with E-state index in [4.69, 9.17) is 0 Å². The first kappa shape index (κ1) is 10.8. The Morgan fingerprint density at radius 1 is 1.54 bits per heavy atom. The minimum atomic E-state index is 0.196. The van der Waals surface area contributed by atoms with Gasteiger partial charge in [-0.2, -0.15) is 0 Å². The highest BCUT2D eigenvalue weighted by Crippen LogP contribution is 2.17. The van der Waals surface area contributed by atoms with Crippen molar-refractivity contribution in [3.63, 3.8) is 0 Å². The van der Waals surface area contributed by atoms with Gasteiger partial charge < -0.3 is 0 Å². The number of rotatable bonds is 3. The van der Waals surface area contributed by atoms with Gasteiger partial charge in [-0.1, -0.05) is 28.1 Å². The van der Waals surface area contributed by atoms with Crippen molar-refractivity contribution in [2.24, 2.45) is 0 Å². The van der Waals surface area contributed by atoms with Gasteiger partial charge in [0.2, 0.25) is 0 Å². The maximum absolute atomic E-state index is 11.2. The van der Waals surface area contributed by atoms with Crippen LogP contribution in [0.5, 0.6) is 0 Å². The Labute approximate surface area is 92.1 Å². The Balaban J connectivity index is 2.89. The average Bonchev–Trinajstić information content (AvgIpc) is 2.13. The van der Waals surface area contributed by atoms with E-state index in [0.717, 1.165) is 16.0 Å². The van der Waals surface area contributed by atoms with Crippen molar-refractivity contribution in [2.45, 2.75) is 18.2 Å². The van der Waals surface area contributed by atoms with Crippen molar-refractivity contribution >= 4 is 34.3 Å². The topological polar surface area (TPSA) is 17.1 Å². The number of halogens is 1. The molecule has 1 rings (SSSR count). The number of alkyl halides is 1. The van der Waals surface area contributed by atoms with E-state index in [-0.39, 0.29) is 5.78 Å². The first-order chi connectivity index (χ1) is 6.15. The van der Waals surface area contributed by atoms with Crippen molar-refractivity contribution < 1.29 is 4.79 Å². The van der Waals surface area contributed by atoms with E-state index >= 15 is 0 Å². The maximum atomic E-state index is 11.2. The molecule has 0 amide bonds. The summed E-state index contributed by atoms with van der Waals surface area (Å²) in [5.41, 5.74) is 2.16. The van der Waals surface area contributed by atoms with Crippen LogP contribution in [-0.4, -0.2) is 11.1 Å². The maximum Gasteiger partial charge on any atom is 0.147 e. The predicted octanol–water partition coefficient (Wildman–Crippen LogP) is 2.79. The minimum Gasteiger partial charge on any atom is -0.298 e. The lowest BCUT2D eigenvalue weighted by Crippen LogP contribution is -2.04. The largest absolute Gasteiger partial charge is 0.298 e. The molecule has 0 bridgehead atoms. The quantitative estimate of drug-likeness (QED) is 0.652. The average molecular weight is 259 g/mol. The molecule has 0 saturated heterocycles. The third-order valence-electron chi connectivity index (χ3n) is 1.95. The predicted molar refractivity (Wildman–Crippen MR) is 60.9 cm³/mol. The van der Waals surface area contributed by atoms with Crippen LogP contribution in [0.25, 0.3) is 0 Å². The molecule has 1 nitrogen and oxygen atoms in total. The third kappa shape index (κ3) is 2.85. The van der Waals surface area contributed by atoms with E-state index < -0.39 is 0 Å². The standard InChI is InChI=1S/C10H11BrOS/c1-7-8(5-9(12)6-11)3-2-4-10(7)13/h2-4,13H,5-6H2,1H3. The zero-order valence-corrected chi connectivity index (χ0v) is 9.86. The molecule has 0 spiro atoms. The number of thiol groups is 1. The minimum absolute atomic E-state index is 0.196. The summed E-state index contributed by atoms with van der Waals surface area (Å²) in [6.45, 7) is 1.99. The zero-order chi connectivity index (χ0) is 9.84. The summed E-state index contributed by atoms with van der Waals surface area (Å²) < 4.78 is 0. The van der Waals surface area contributed by atoms with Crippen LogP contribution >= 0.6 is 28.6 Å². The molecule has 0 aliphatic rings. The van der Waals surface area contributed by atoms with E-state index in [0.29, 0.717) is 11.8 Å². The second-order valence-electron chi connectivity index (χ2n) is 2.91. The van der Waals surface area contributed by atoms with Gasteiger partial charge in [0.15, 0.2) is 0 Å². The molecule has 0 aliphatic heterocycles. The van der Waals surface area contributed by atoms with E-state index in [1.807, 2.05) is 25.1 Å². The van der Waals surface area contributed by atoms with E-state index in [2.05, 4.69) is 28.6 Å². The molecule has 0 saturated carbocycles. The van der Waals surface area contributed by atoms with Crippen molar-refractivity contribution in [3.05, 3.63) is 29.3 Å². The lowest BCUT2D eigenvalue weighted by Gasteiger charge is -2.05. The van der Waals surface area contributed by atoms with Crippen LogP contribution in [0, 0.1) is 6.92 Å². The summed E-state index contributed by atoms with van der Waals surface area (Å²) in [5, 5.41) is 0.420. The summed E-state index contributed by atoms with van der Waals surface area (Å²) in [7, 11) is 0. The van der Waals surface area contributed by atoms with Gasteiger partial charge in [0.25, 0.3) is 0 Å². The lowest BCUT2D eigenvalue weighted by atomic mass is 10.0. The molecule has 1 aromatic carbocycles. The zero-order valence-electron chi connectivity index (χ0n) is 7.38. The Hall–Kier alpha value is -0.280. The molecule has 0 heterocycles. The van der Waals surface area contributed by atoms with Crippen molar-refractivity contribution in [2.75, 3.05) is 5.33 Å². The normalized spacial score (nSPS) is 10.1. The van der Waals surface area contributed by atoms with E-state index in [9.17, 15) is 4.79 Å². The highest BCUT2D eigenvalue weighted by atomic mass is 79.9.